The van der Waals surface area contributed by atoms with Gasteiger partial charge in [-0.15, -0.1) is 0 Å². The number of allylic oxidation sites excluding steroid dienone is 2. The van der Waals surface area contributed by atoms with Gasteiger partial charge in [0.2, 0.25) is 0 Å². The SMILES string of the molecule is CC(C)OC(=O)C(=O)/C=C/C=C/c1ccccc1. The molecule has 0 saturated heterocycles. The summed E-state index contributed by atoms with van der Waals surface area (Å²) in [5.74, 6) is -1.48. The van der Waals surface area contributed by atoms with Gasteiger partial charge < -0.3 is 4.74 Å². The average molecular weight is 244 g/mol. The lowest BCUT2D eigenvalue weighted by molar-refractivity contribution is -0.154. The third-order valence-corrected chi connectivity index (χ3v) is 1.99. The molecule has 0 unspecified atom stereocenters. The van der Waals surface area contributed by atoms with E-state index in [1.165, 1.54) is 12.2 Å². The molecule has 0 aliphatic carbocycles. The summed E-state index contributed by atoms with van der Waals surface area (Å²) in [4.78, 5) is 22.5. The summed E-state index contributed by atoms with van der Waals surface area (Å²) in [6.45, 7) is 3.40. The molecule has 0 N–H and O–H groups in total. The van der Waals surface area contributed by atoms with Gasteiger partial charge in [0, 0.05) is 0 Å². The maximum Gasteiger partial charge on any atom is 0.379 e. The van der Waals surface area contributed by atoms with Crippen LogP contribution in [0.1, 0.15) is 19.4 Å². The molecular formula is C15H16O3. The number of ketones is 1. The smallest absolute Gasteiger partial charge is 0.379 e. The highest BCUT2D eigenvalue weighted by atomic mass is 16.5. The molecule has 18 heavy (non-hydrogen) atoms. The Morgan fingerprint density at radius 3 is 2.39 bits per heavy atom. The van der Waals surface area contributed by atoms with Crippen molar-refractivity contribution in [1.82, 2.24) is 0 Å². The van der Waals surface area contributed by atoms with E-state index in [2.05, 4.69) is 0 Å². The quantitative estimate of drug-likeness (QED) is 0.346. The van der Waals surface area contributed by atoms with E-state index >= 15 is 0 Å². The first-order valence-electron chi connectivity index (χ1n) is 5.74. The predicted molar refractivity (Wildman–Crippen MR) is 70.9 cm³/mol. The first-order chi connectivity index (χ1) is 8.59. The van der Waals surface area contributed by atoms with Gasteiger partial charge in [-0.25, -0.2) is 4.79 Å². The topological polar surface area (TPSA) is 43.4 Å². The maximum absolute atomic E-state index is 11.3. The normalized spacial score (nSPS) is 11.3. The van der Waals surface area contributed by atoms with E-state index in [-0.39, 0.29) is 6.10 Å². The van der Waals surface area contributed by atoms with Crippen LogP contribution in [0.4, 0.5) is 0 Å². The van der Waals surface area contributed by atoms with Gasteiger partial charge in [0.1, 0.15) is 0 Å². The Hall–Kier alpha value is -2.16. The van der Waals surface area contributed by atoms with Crippen molar-refractivity contribution in [3.8, 4) is 0 Å². The molecule has 0 saturated carbocycles. The summed E-state index contributed by atoms with van der Waals surface area (Å²) in [5.41, 5.74) is 1.03. The van der Waals surface area contributed by atoms with E-state index in [4.69, 9.17) is 4.74 Å². The minimum Gasteiger partial charge on any atom is -0.457 e. The van der Waals surface area contributed by atoms with E-state index < -0.39 is 11.8 Å². The Morgan fingerprint density at radius 2 is 1.78 bits per heavy atom. The second kappa shape index (κ2) is 7.22. The standard InChI is InChI=1S/C15H16O3/c1-12(2)18-15(17)14(16)11-7-6-10-13-8-4-3-5-9-13/h3-12H,1-2H3/b10-6+,11-7+. The first-order valence-corrected chi connectivity index (χ1v) is 5.74. The minimum absolute atomic E-state index is 0.283. The second-order valence-electron chi connectivity index (χ2n) is 3.95. The van der Waals surface area contributed by atoms with Crippen LogP contribution in [0, 0.1) is 0 Å². The summed E-state index contributed by atoms with van der Waals surface area (Å²) in [5, 5.41) is 0. The summed E-state index contributed by atoms with van der Waals surface area (Å²) in [6.07, 6.45) is 5.99. The monoisotopic (exact) mass is 244 g/mol. The molecule has 0 heterocycles. The molecule has 0 aromatic heterocycles. The van der Waals surface area contributed by atoms with E-state index in [1.807, 2.05) is 36.4 Å². The van der Waals surface area contributed by atoms with Gasteiger partial charge in [-0.3, -0.25) is 4.79 Å². The van der Waals surface area contributed by atoms with Crippen LogP contribution in [0.3, 0.4) is 0 Å². The Bertz CT molecular complexity index is 456. The minimum atomic E-state index is -0.825. The van der Waals surface area contributed by atoms with Crippen LogP contribution in [0.25, 0.3) is 6.08 Å². The van der Waals surface area contributed by atoms with Crippen molar-refractivity contribution >= 4 is 17.8 Å². The van der Waals surface area contributed by atoms with Gasteiger partial charge in [0.05, 0.1) is 6.10 Å². The van der Waals surface area contributed by atoms with Crippen molar-refractivity contribution in [3.63, 3.8) is 0 Å². The van der Waals surface area contributed by atoms with E-state index in [9.17, 15) is 9.59 Å². The van der Waals surface area contributed by atoms with Gasteiger partial charge in [-0.2, -0.15) is 0 Å². The number of carbonyl (C=O) groups is 2. The molecule has 1 rings (SSSR count). The molecule has 0 fully saturated rings. The molecule has 0 amide bonds. The molecule has 0 aliphatic rings. The molecule has 94 valence electrons. The fraction of sp³-hybridized carbons (Fsp3) is 0.200. The molecular weight excluding hydrogens is 228 g/mol. The zero-order chi connectivity index (χ0) is 13.4. The van der Waals surface area contributed by atoms with E-state index in [0.29, 0.717) is 0 Å². The predicted octanol–water partition coefficient (Wildman–Crippen LogP) is 2.78. The lowest BCUT2D eigenvalue weighted by Crippen LogP contribution is -2.19. The van der Waals surface area contributed by atoms with Crippen molar-refractivity contribution in [1.29, 1.82) is 0 Å². The summed E-state index contributed by atoms with van der Waals surface area (Å²) in [6, 6.07) is 9.67. The van der Waals surface area contributed by atoms with Crippen molar-refractivity contribution < 1.29 is 14.3 Å². The van der Waals surface area contributed by atoms with Crippen LogP contribution in [0.5, 0.6) is 0 Å². The van der Waals surface area contributed by atoms with E-state index in [1.54, 1.807) is 19.9 Å². The third-order valence-electron chi connectivity index (χ3n) is 1.99. The van der Waals surface area contributed by atoms with Crippen LogP contribution in [0.2, 0.25) is 0 Å². The molecule has 3 heteroatoms. The highest BCUT2D eigenvalue weighted by molar-refractivity contribution is 6.38. The zero-order valence-electron chi connectivity index (χ0n) is 10.5. The number of esters is 1. The number of hydrogen-bond acceptors (Lipinski definition) is 3. The van der Waals surface area contributed by atoms with Crippen LogP contribution < -0.4 is 0 Å². The van der Waals surface area contributed by atoms with Crippen molar-refractivity contribution in [3.05, 3.63) is 54.1 Å². The number of hydrogen-bond donors (Lipinski definition) is 0. The zero-order valence-corrected chi connectivity index (χ0v) is 10.5. The van der Waals surface area contributed by atoms with Crippen molar-refractivity contribution in [2.24, 2.45) is 0 Å². The Labute approximate surface area is 107 Å². The highest BCUT2D eigenvalue weighted by Crippen LogP contribution is 2.01. The lowest BCUT2D eigenvalue weighted by atomic mass is 10.2. The summed E-state index contributed by atoms with van der Waals surface area (Å²) >= 11 is 0. The number of carbonyl (C=O) groups excluding carboxylic acids is 2. The molecule has 0 atom stereocenters. The highest BCUT2D eigenvalue weighted by Gasteiger charge is 2.12. The molecule has 1 aromatic rings. The lowest BCUT2D eigenvalue weighted by Gasteiger charge is -2.04. The second-order valence-corrected chi connectivity index (χ2v) is 3.95. The fourth-order valence-corrected chi connectivity index (χ4v) is 1.21. The first kappa shape index (κ1) is 13.9. The maximum atomic E-state index is 11.3. The molecule has 0 spiro atoms. The fourth-order valence-electron chi connectivity index (χ4n) is 1.21. The average Bonchev–Trinajstić information content (AvgIpc) is 2.34. The third kappa shape index (κ3) is 5.25. The van der Waals surface area contributed by atoms with E-state index in [0.717, 1.165) is 5.56 Å². The summed E-state index contributed by atoms with van der Waals surface area (Å²) < 4.78 is 4.76. The van der Waals surface area contributed by atoms with Crippen LogP contribution in [-0.2, 0) is 14.3 Å². The molecule has 1 aromatic carbocycles. The van der Waals surface area contributed by atoms with Crippen molar-refractivity contribution in [2.75, 3.05) is 0 Å². The Kier molecular flexibility index (Phi) is 5.58. The Balaban J connectivity index is 2.48. The summed E-state index contributed by atoms with van der Waals surface area (Å²) in [7, 11) is 0. The largest absolute Gasteiger partial charge is 0.457 e. The number of benzene rings is 1. The van der Waals surface area contributed by atoms with Crippen LogP contribution in [-0.4, -0.2) is 17.9 Å². The molecule has 0 radical (unpaired) electrons. The molecule has 3 nitrogen and oxygen atoms in total. The molecule has 0 bridgehead atoms. The number of ether oxygens (including phenoxy) is 1. The van der Waals surface area contributed by atoms with Gasteiger partial charge in [-0.1, -0.05) is 48.6 Å². The molecule has 0 aliphatic heterocycles. The van der Waals surface area contributed by atoms with Gasteiger partial charge >= 0.3 is 5.97 Å². The number of rotatable bonds is 5. The van der Waals surface area contributed by atoms with Gasteiger partial charge in [0.15, 0.2) is 0 Å². The van der Waals surface area contributed by atoms with Crippen molar-refractivity contribution in [2.45, 2.75) is 20.0 Å². The van der Waals surface area contributed by atoms with Gasteiger partial charge in [0.25, 0.3) is 5.78 Å². The van der Waals surface area contributed by atoms with Gasteiger partial charge in [-0.05, 0) is 25.5 Å². The van der Waals surface area contributed by atoms with Crippen LogP contribution >= 0.6 is 0 Å². The Morgan fingerprint density at radius 1 is 1.11 bits per heavy atom. The van der Waals surface area contributed by atoms with Crippen LogP contribution in [0.15, 0.2) is 48.6 Å².